The Kier molecular flexibility index (Phi) is 3.94. The van der Waals surface area contributed by atoms with Crippen molar-refractivity contribution in [3.63, 3.8) is 0 Å². The van der Waals surface area contributed by atoms with Crippen LogP contribution in [0.3, 0.4) is 0 Å². The van der Waals surface area contributed by atoms with Gasteiger partial charge in [0.15, 0.2) is 5.82 Å². The van der Waals surface area contributed by atoms with E-state index in [2.05, 4.69) is 15.5 Å². The van der Waals surface area contributed by atoms with Gasteiger partial charge in [-0.1, -0.05) is 5.16 Å². The summed E-state index contributed by atoms with van der Waals surface area (Å²) in [4.78, 5) is 29.1. The Labute approximate surface area is 111 Å². The van der Waals surface area contributed by atoms with Gasteiger partial charge in [0.2, 0.25) is 17.7 Å². The molecule has 1 atom stereocenters. The van der Waals surface area contributed by atoms with Gasteiger partial charge in [-0.2, -0.15) is 4.98 Å². The molecule has 1 aliphatic heterocycles. The molecular formula is C12H18N4O3. The molecule has 1 N–H and O–H groups in total. The Morgan fingerprint density at radius 1 is 1.47 bits per heavy atom. The van der Waals surface area contributed by atoms with Gasteiger partial charge in [0, 0.05) is 19.0 Å². The van der Waals surface area contributed by atoms with E-state index < -0.39 is 6.04 Å². The Bertz CT molecular complexity index is 483. The van der Waals surface area contributed by atoms with E-state index in [9.17, 15) is 9.59 Å². The molecule has 19 heavy (non-hydrogen) atoms. The molecule has 1 aromatic rings. The molecular weight excluding hydrogens is 248 g/mol. The summed E-state index contributed by atoms with van der Waals surface area (Å²) in [6, 6.07) is -0.524. The van der Waals surface area contributed by atoms with Crippen molar-refractivity contribution in [2.45, 2.75) is 45.7 Å². The van der Waals surface area contributed by atoms with Crippen molar-refractivity contribution in [1.82, 2.24) is 20.4 Å². The Morgan fingerprint density at radius 3 is 2.74 bits per heavy atom. The lowest BCUT2D eigenvalue weighted by atomic mass is 10.2. The van der Waals surface area contributed by atoms with Crippen molar-refractivity contribution < 1.29 is 14.1 Å². The van der Waals surface area contributed by atoms with Crippen LogP contribution in [-0.4, -0.2) is 45.5 Å². The van der Waals surface area contributed by atoms with Crippen LogP contribution in [0.1, 0.15) is 32.0 Å². The van der Waals surface area contributed by atoms with Gasteiger partial charge in [0.05, 0.1) is 12.5 Å². The maximum atomic E-state index is 12.0. The molecule has 0 aliphatic carbocycles. The molecule has 2 rings (SSSR count). The summed E-state index contributed by atoms with van der Waals surface area (Å²) in [5.74, 6) is 0.850. The van der Waals surface area contributed by atoms with Gasteiger partial charge in [0.25, 0.3) is 0 Å². The average molecular weight is 266 g/mol. The molecule has 0 spiro atoms. The second-order valence-electron chi connectivity index (χ2n) is 4.89. The molecule has 2 heterocycles. The molecule has 104 valence electrons. The van der Waals surface area contributed by atoms with Crippen molar-refractivity contribution in [1.29, 1.82) is 0 Å². The number of carbonyl (C=O) groups is 2. The second kappa shape index (κ2) is 5.48. The maximum Gasteiger partial charge on any atom is 0.247 e. The average Bonchev–Trinajstić information content (AvgIpc) is 2.84. The lowest BCUT2D eigenvalue weighted by Crippen LogP contribution is -2.42. The maximum absolute atomic E-state index is 12.0. The topological polar surface area (TPSA) is 88.3 Å². The third kappa shape index (κ3) is 2.98. The van der Waals surface area contributed by atoms with Crippen LogP contribution in [0.4, 0.5) is 0 Å². The molecule has 0 aromatic carbocycles. The van der Waals surface area contributed by atoms with Crippen molar-refractivity contribution >= 4 is 11.8 Å². The minimum atomic E-state index is -0.432. The number of aromatic nitrogens is 2. The summed E-state index contributed by atoms with van der Waals surface area (Å²) >= 11 is 0. The standard InChI is InChI=1S/C12H18N4O3/c1-7(2)16-11(17)6-9(12(16)18)13-5-4-10-14-8(3)15-19-10/h7,9,13H,4-6H2,1-3H3. The number of rotatable bonds is 5. The van der Waals surface area contributed by atoms with Gasteiger partial charge in [-0.05, 0) is 20.8 Å². The van der Waals surface area contributed by atoms with Gasteiger partial charge in [-0.3, -0.25) is 14.5 Å². The highest BCUT2D eigenvalue weighted by molar-refractivity contribution is 6.05. The molecule has 0 saturated carbocycles. The molecule has 1 fully saturated rings. The third-order valence-electron chi connectivity index (χ3n) is 3.00. The van der Waals surface area contributed by atoms with Crippen LogP contribution in [0.15, 0.2) is 4.52 Å². The zero-order valence-corrected chi connectivity index (χ0v) is 11.3. The molecule has 0 radical (unpaired) electrons. The number of imide groups is 1. The summed E-state index contributed by atoms with van der Waals surface area (Å²) in [6.07, 6.45) is 0.764. The summed E-state index contributed by atoms with van der Waals surface area (Å²) in [5, 5.41) is 6.75. The van der Waals surface area contributed by atoms with Gasteiger partial charge >= 0.3 is 0 Å². The summed E-state index contributed by atoms with van der Waals surface area (Å²) in [6.45, 7) is 5.94. The van der Waals surface area contributed by atoms with Gasteiger partial charge in [-0.15, -0.1) is 0 Å². The van der Waals surface area contributed by atoms with Crippen molar-refractivity contribution in [2.75, 3.05) is 6.54 Å². The fourth-order valence-electron chi connectivity index (χ4n) is 2.15. The van der Waals surface area contributed by atoms with Crippen LogP contribution in [0.25, 0.3) is 0 Å². The van der Waals surface area contributed by atoms with E-state index in [1.54, 1.807) is 6.92 Å². The van der Waals surface area contributed by atoms with Gasteiger partial charge < -0.3 is 9.84 Å². The Morgan fingerprint density at radius 2 is 2.21 bits per heavy atom. The number of nitrogens with zero attached hydrogens (tertiary/aromatic N) is 3. The van der Waals surface area contributed by atoms with E-state index >= 15 is 0 Å². The fourth-order valence-corrected chi connectivity index (χ4v) is 2.15. The Hall–Kier alpha value is -1.76. The van der Waals surface area contributed by atoms with Crippen LogP contribution in [0.5, 0.6) is 0 Å². The zero-order valence-electron chi connectivity index (χ0n) is 11.3. The number of hydrogen-bond donors (Lipinski definition) is 1. The largest absolute Gasteiger partial charge is 0.339 e. The molecule has 7 heteroatoms. The van der Waals surface area contributed by atoms with E-state index in [1.165, 1.54) is 4.90 Å². The predicted molar refractivity (Wildman–Crippen MR) is 66.1 cm³/mol. The second-order valence-corrected chi connectivity index (χ2v) is 4.89. The van der Waals surface area contributed by atoms with E-state index in [0.717, 1.165) is 0 Å². The summed E-state index contributed by atoms with van der Waals surface area (Å²) < 4.78 is 4.97. The zero-order chi connectivity index (χ0) is 14.0. The Balaban J connectivity index is 1.84. The van der Waals surface area contributed by atoms with Crippen molar-refractivity contribution in [3.05, 3.63) is 11.7 Å². The summed E-state index contributed by atoms with van der Waals surface area (Å²) in [5.41, 5.74) is 0. The fraction of sp³-hybridized carbons (Fsp3) is 0.667. The third-order valence-corrected chi connectivity index (χ3v) is 3.00. The SMILES string of the molecule is Cc1noc(CCNC2CC(=O)N(C(C)C)C2=O)n1. The quantitative estimate of drug-likeness (QED) is 0.757. The molecule has 7 nitrogen and oxygen atoms in total. The van der Waals surface area contributed by atoms with E-state index in [0.29, 0.717) is 24.7 Å². The van der Waals surface area contributed by atoms with Gasteiger partial charge in [0.1, 0.15) is 0 Å². The number of aryl methyl sites for hydroxylation is 1. The summed E-state index contributed by atoms with van der Waals surface area (Å²) in [7, 11) is 0. The van der Waals surface area contributed by atoms with Crippen LogP contribution >= 0.6 is 0 Å². The number of amides is 2. The van der Waals surface area contributed by atoms with E-state index in [-0.39, 0.29) is 24.3 Å². The van der Waals surface area contributed by atoms with Crippen molar-refractivity contribution in [3.8, 4) is 0 Å². The number of nitrogens with one attached hydrogen (secondary N) is 1. The van der Waals surface area contributed by atoms with Crippen LogP contribution in [0.2, 0.25) is 0 Å². The van der Waals surface area contributed by atoms with Crippen LogP contribution in [0, 0.1) is 6.92 Å². The van der Waals surface area contributed by atoms with Crippen LogP contribution < -0.4 is 5.32 Å². The highest BCUT2D eigenvalue weighted by Crippen LogP contribution is 2.16. The van der Waals surface area contributed by atoms with Gasteiger partial charge in [-0.25, -0.2) is 0 Å². The first-order valence-electron chi connectivity index (χ1n) is 6.37. The predicted octanol–water partition coefficient (Wildman–Crippen LogP) is 0.0460. The van der Waals surface area contributed by atoms with Crippen molar-refractivity contribution in [2.24, 2.45) is 0 Å². The first-order valence-corrected chi connectivity index (χ1v) is 6.37. The molecule has 1 saturated heterocycles. The van der Waals surface area contributed by atoms with E-state index in [4.69, 9.17) is 4.52 Å². The molecule has 2 amide bonds. The minimum Gasteiger partial charge on any atom is -0.339 e. The lowest BCUT2D eigenvalue weighted by molar-refractivity contribution is -0.140. The normalized spacial score (nSPS) is 19.8. The number of hydrogen-bond acceptors (Lipinski definition) is 6. The highest BCUT2D eigenvalue weighted by Gasteiger charge is 2.39. The lowest BCUT2D eigenvalue weighted by Gasteiger charge is -2.19. The van der Waals surface area contributed by atoms with Crippen LogP contribution in [-0.2, 0) is 16.0 Å². The smallest absolute Gasteiger partial charge is 0.247 e. The highest BCUT2D eigenvalue weighted by atomic mass is 16.5. The molecule has 1 aliphatic rings. The monoisotopic (exact) mass is 266 g/mol. The molecule has 1 aromatic heterocycles. The first kappa shape index (κ1) is 13.7. The molecule has 0 bridgehead atoms. The molecule has 1 unspecified atom stereocenters. The number of carbonyl (C=O) groups excluding carboxylic acids is 2. The minimum absolute atomic E-state index is 0.0922. The number of likely N-dealkylation sites (tertiary alicyclic amines) is 1. The first-order chi connectivity index (χ1) is 8.99. The van der Waals surface area contributed by atoms with E-state index in [1.807, 2.05) is 13.8 Å².